The second kappa shape index (κ2) is 24.8. The van der Waals surface area contributed by atoms with Crippen LogP contribution in [0.1, 0.15) is 41.0 Å². The Morgan fingerprint density at radius 2 is 0.875 bits per heavy atom. The van der Waals surface area contributed by atoms with Crippen LogP contribution in [-0.4, -0.2) is 298 Å². The highest BCUT2D eigenvalue weighted by Crippen LogP contribution is 2.43. The summed E-state index contributed by atoms with van der Waals surface area (Å²) in [5, 5.41) is 187. The van der Waals surface area contributed by atoms with Crippen LogP contribution in [0.25, 0.3) is 0 Å². The van der Waals surface area contributed by atoms with Crippen LogP contribution < -0.4 is 5.32 Å². The van der Waals surface area contributed by atoms with E-state index in [-0.39, 0.29) is 6.42 Å². The minimum absolute atomic E-state index is 0.194. The average Bonchev–Trinajstić information content (AvgIpc) is 3.33. The molecule has 29 nitrogen and oxygen atoms in total. The highest BCUT2D eigenvalue weighted by molar-refractivity contribution is 5.73. The summed E-state index contributed by atoms with van der Waals surface area (Å²) in [5.41, 5.74) is -0.496. The molecule has 6 fully saturated rings. The number of carbonyl (C=O) groups excluding carboxylic acids is 1. The van der Waals surface area contributed by atoms with Crippen molar-refractivity contribution in [1.29, 1.82) is 0 Å². The van der Waals surface area contributed by atoms with Crippen molar-refractivity contribution in [3.8, 4) is 0 Å². The minimum atomic E-state index is -2.18. The van der Waals surface area contributed by atoms with E-state index < -0.39 is 228 Å². The van der Waals surface area contributed by atoms with Crippen LogP contribution in [0.3, 0.4) is 0 Å². The van der Waals surface area contributed by atoms with Gasteiger partial charge in [-0.2, -0.15) is 0 Å². The first-order chi connectivity index (χ1) is 33.8. The van der Waals surface area contributed by atoms with E-state index >= 15 is 0 Å². The Balaban J connectivity index is 1.23. The molecule has 0 bridgehead atoms. The number of hydrogen-bond acceptors (Lipinski definition) is 28. The molecule has 5 saturated heterocycles. The van der Waals surface area contributed by atoms with Gasteiger partial charge in [0.2, 0.25) is 5.91 Å². The number of amides is 1. The summed E-state index contributed by atoms with van der Waals surface area (Å²) in [6.45, 7) is 3.51. The van der Waals surface area contributed by atoms with Gasteiger partial charge in [-0.05, 0) is 24.7 Å². The maximum atomic E-state index is 12.8. The van der Waals surface area contributed by atoms with E-state index in [4.69, 9.17) is 47.4 Å². The molecule has 29 heteroatoms. The topological polar surface area (TPSA) is 465 Å². The SMILES string of the molecule is CC(=O)NC1[C@H](O[C@@H]2C(O)[C@@H](O[C@H]3C(CO)O[C@@H](O[C@@H]4C(CO)C[C@@H](C(C)(C)C)C(O)[C@H]4O)C(O)[C@H]3O)OC(CO)[C@@H]2O)OC(CO)[C@H](O)[C@@H]1O[C@@H]1OC(CO)[C@H](O)[C@H](O)C1OC1OC(C)[C@@H](O)C(O)[C@@H]1O. The lowest BCUT2D eigenvalue weighted by atomic mass is 9.65. The van der Waals surface area contributed by atoms with Crippen molar-refractivity contribution < 1.29 is 139 Å². The predicted molar refractivity (Wildman–Crippen MR) is 230 cm³/mol. The van der Waals surface area contributed by atoms with Crippen molar-refractivity contribution in [1.82, 2.24) is 5.32 Å². The second-order valence-electron chi connectivity index (χ2n) is 20.4. The summed E-state index contributed by atoms with van der Waals surface area (Å²) in [4.78, 5) is 12.8. The van der Waals surface area contributed by atoms with E-state index in [9.17, 15) is 91.6 Å². The molecule has 72 heavy (non-hydrogen) atoms. The van der Waals surface area contributed by atoms with Gasteiger partial charge >= 0.3 is 0 Å². The standard InChI is InChI=1S/C43H75NO28/c1-12-21(51)26(56)30(60)39(63-12)72-37-28(58)23(53)16(8-46)66-42(37)70-35-20(44-13(2)50)38(64-17(9-47)24(35)54)71-36-25(55)18(10-48)65-41(32(36)62)69-34-19(11-49)67-40(31(61)29(34)59)68-33-14(7-45)6-15(43(3,4)5)22(52)27(33)57/h12,14-42,45-49,51-62H,6-11H2,1-5H3,(H,44,50)/t12?,14?,15-,16?,17?,18?,19?,20?,21-,22?,23+,24+,25+,26?,27-,28+,29-,30+,31?,32?,33-,34+,35-,36+,37?,38+,39?,40+,41-,42+/m1/s1. The largest absolute Gasteiger partial charge is 0.396 e. The first kappa shape index (κ1) is 59.6. The predicted octanol–water partition coefficient (Wildman–Crippen LogP) is -9.96. The highest BCUT2D eigenvalue weighted by atomic mass is 16.8. The van der Waals surface area contributed by atoms with Crippen molar-refractivity contribution in [2.45, 2.75) is 213 Å². The highest BCUT2D eigenvalue weighted by Gasteiger charge is 2.58. The molecule has 0 spiro atoms. The first-order valence-corrected chi connectivity index (χ1v) is 23.9. The van der Waals surface area contributed by atoms with Crippen LogP contribution in [0, 0.1) is 17.3 Å². The number of carbonyl (C=O) groups is 1. The molecule has 420 valence electrons. The summed E-state index contributed by atoms with van der Waals surface area (Å²) in [6.07, 6.45) is -48.6. The molecule has 1 saturated carbocycles. The van der Waals surface area contributed by atoms with E-state index in [0.29, 0.717) is 0 Å². The number of nitrogens with one attached hydrogen (secondary N) is 1. The Morgan fingerprint density at radius 3 is 1.44 bits per heavy atom. The van der Waals surface area contributed by atoms with E-state index in [1.807, 2.05) is 20.8 Å². The molecule has 6 aliphatic rings. The molecular formula is C43H75NO28. The molecule has 18 N–H and O–H groups in total. The molecule has 1 aliphatic carbocycles. The van der Waals surface area contributed by atoms with Gasteiger partial charge in [-0.1, -0.05) is 20.8 Å². The molecule has 5 aliphatic heterocycles. The molecule has 0 aromatic rings. The number of aliphatic hydroxyl groups excluding tert-OH is 17. The van der Waals surface area contributed by atoms with Gasteiger partial charge in [0.05, 0.1) is 44.7 Å². The smallest absolute Gasteiger partial charge is 0.217 e. The van der Waals surface area contributed by atoms with E-state index in [0.717, 1.165) is 6.92 Å². The Bertz CT molecular complexity index is 1700. The van der Waals surface area contributed by atoms with Gasteiger partial charge in [0.15, 0.2) is 31.5 Å². The molecule has 5 heterocycles. The molecule has 0 radical (unpaired) electrons. The monoisotopic (exact) mass is 1050 g/mol. The molecule has 0 aromatic heterocycles. The summed E-state index contributed by atoms with van der Waals surface area (Å²) in [6, 6.07) is -1.77. The fourth-order valence-electron chi connectivity index (χ4n) is 10.2. The van der Waals surface area contributed by atoms with E-state index in [1.165, 1.54) is 6.92 Å². The number of aliphatic hydroxyl groups is 17. The van der Waals surface area contributed by atoms with Crippen molar-refractivity contribution in [2.24, 2.45) is 17.3 Å². The summed E-state index contributed by atoms with van der Waals surface area (Å²) >= 11 is 0. The molecule has 13 unspecified atom stereocenters. The summed E-state index contributed by atoms with van der Waals surface area (Å²) in [7, 11) is 0. The Hall–Kier alpha value is -1.61. The molecule has 1 amide bonds. The quantitative estimate of drug-likeness (QED) is 0.0682. The zero-order valence-electron chi connectivity index (χ0n) is 40.2. The van der Waals surface area contributed by atoms with Gasteiger partial charge in [0.25, 0.3) is 0 Å². The van der Waals surface area contributed by atoms with Gasteiger partial charge in [-0.15, -0.1) is 0 Å². The first-order valence-electron chi connectivity index (χ1n) is 23.9. The van der Waals surface area contributed by atoms with Gasteiger partial charge in [0, 0.05) is 19.4 Å². The third kappa shape index (κ3) is 12.4. The normalized spacial score (nSPS) is 50.6. The Kier molecular flexibility index (Phi) is 20.5. The average molecular weight is 1050 g/mol. The molecule has 0 aromatic carbocycles. The van der Waals surface area contributed by atoms with E-state index in [1.54, 1.807) is 0 Å². The lowest BCUT2D eigenvalue weighted by Gasteiger charge is -2.51. The van der Waals surface area contributed by atoms with Gasteiger partial charge in [0.1, 0.15) is 122 Å². The van der Waals surface area contributed by atoms with Crippen LogP contribution in [0.15, 0.2) is 0 Å². The van der Waals surface area contributed by atoms with Gasteiger partial charge in [-0.3, -0.25) is 4.79 Å². The summed E-state index contributed by atoms with van der Waals surface area (Å²) < 4.78 is 58.2. The van der Waals surface area contributed by atoms with Crippen LogP contribution in [0.2, 0.25) is 0 Å². The number of rotatable bonds is 16. The van der Waals surface area contributed by atoms with Crippen LogP contribution in [-0.2, 0) is 52.2 Å². The third-order valence-electron chi connectivity index (χ3n) is 14.4. The zero-order chi connectivity index (χ0) is 53.4. The fourth-order valence-corrected chi connectivity index (χ4v) is 10.2. The van der Waals surface area contributed by atoms with Crippen molar-refractivity contribution in [2.75, 3.05) is 33.0 Å². The molecule has 6 rings (SSSR count). The minimum Gasteiger partial charge on any atom is -0.396 e. The Morgan fingerprint density at radius 1 is 0.444 bits per heavy atom. The van der Waals surface area contributed by atoms with Gasteiger partial charge < -0.3 is 139 Å². The van der Waals surface area contributed by atoms with Crippen molar-refractivity contribution in [3.05, 3.63) is 0 Å². The Labute approximate surface area is 412 Å². The van der Waals surface area contributed by atoms with Crippen molar-refractivity contribution >= 4 is 5.91 Å². The lowest BCUT2D eigenvalue weighted by molar-refractivity contribution is -0.391. The second-order valence-corrected chi connectivity index (χ2v) is 20.4. The third-order valence-corrected chi connectivity index (χ3v) is 14.4. The van der Waals surface area contributed by atoms with Crippen LogP contribution >= 0.6 is 0 Å². The lowest BCUT2D eigenvalue weighted by Crippen LogP contribution is -2.70. The summed E-state index contributed by atoms with van der Waals surface area (Å²) in [5.74, 6) is -2.10. The van der Waals surface area contributed by atoms with Gasteiger partial charge in [-0.25, -0.2) is 0 Å². The zero-order valence-corrected chi connectivity index (χ0v) is 40.2. The molecule has 30 atom stereocenters. The fraction of sp³-hybridized carbons (Fsp3) is 0.977. The maximum absolute atomic E-state index is 12.8. The van der Waals surface area contributed by atoms with Crippen LogP contribution in [0.5, 0.6) is 0 Å². The van der Waals surface area contributed by atoms with E-state index in [2.05, 4.69) is 5.32 Å². The van der Waals surface area contributed by atoms with Crippen molar-refractivity contribution in [3.63, 3.8) is 0 Å². The number of hydrogen-bond donors (Lipinski definition) is 18. The number of ether oxygens (including phenoxy) is 10. The van der Waals surface area contributed by atoms with Crippen LogP contribution in [0.4, 0.5) is 0 Å². The molecular weight excluding hydrogens is 978 g/mol. The maximum Gasteiger partial charge on any atom is 0.217 e.